The highest BCUT2D eigenvalue weighted by molar-refractivity contribution is 6.84. The van der Waals surface area contributed by atoms with Crippen LogP contribution in [-0.4, -0.2) is 8.07 Å². The first-order chi connectivity index (χ1) is 16.8. The highest BCUT2D eigenvalue weighted by Crippen LogP contribution is 2.61. The predicted molar refractivity (Wildman–Crippen MR) is 153 cm³/mol. The van der Waals surface area contributed by atoms with Crippen molar-refractivity contribution in [1.82, 2.24) is 0 Å². The molecule has 5 aliphatic rings. The van der Waals surface area contributed by atoms with Crippen molar-refractivity contribution in [2.24, 2.45) is 0 Å². The summed E-state index contributed by atoms with van der Waals surface area (Å²) in [5.41, 5.74) is 25.3. The van der Waals surface area contributed by atoms with Gasteiger partial charge in [0.1, 0.15) is 0 Å². The minimum atomic E-state index is -1.71. The van der Waals surface area contributed by atoms with E-state index in [1.165, 1.54) is 63.5 Å². The maximum Gasteiger partial charge on any atom is 0.0782 e. The van der Waals surface area contributed by atoms with Gasteiger partial charge < -0.3 is 0 Å². The fourth-order valence-electron chi connectivity index (χ4n) is 10.1. The minimum absolute atomic E-state index is 0.719. The average Bonchev–Trinajstić information content (AvgIpc) is 3.64. The molecule has 0 N–H and O–H groups in total. The fourth-order valence-corrected chi connectivity index (χ4v) is 17.5. The van der Waals surface area contributed by atoms with Crippen LogP contribution in [0, 0.1) is 27.7 Å². The first kappa shape index (κ1) is 22.3. The molecule has 0 amide bonds. The lowest BCUT2D eigenvalue weighted by atomic mass is 9.90. The van der Waals surface area contributed by atoms with E-state index in [0.717, 1.165) is 11.1 Å². The molecule has 182 valence electrons. The molecule has 0 bridgehead atoms. The smallest absolute Gasteiger partial charge is 0.0678 e. The number of benzene rings is 2. The summed E-state index contributed by atoms with van der Waals surface area (Å²) in [6, 6.07) is 3.03. The molecule has 2 aromatic carbocycles. The first-order valence-corrected chi connectivity index (χ1v) is 17.1. The first-order valence-electron chi connectivity index (χ1n) is 14.5. The lowest BCUT2D eigenvalue weighted by Crippen LogP contribution is -2.46. The minimum Gasteiger partial charge on any atom is -0.0678 e. The van der Waals surface area contributed by atoms with Gasteiger partial charge in [-0.3, -0.25) is 0 Å². The van der Waals surface area contributed by atoms with Gasteiger partial charge in [0.05, 0.1) is 8.07 Å². The van der Waals surface area contributed by atoms with Crippen molar-refractivity contribution in [2.45, 2.75) is 116 Å². The van der Waals surface area contributed by atoms with E-state index in [0.29, 0.717) is 0 Å². The Labute approximate surface area is 213 Å². The summed E-state index contributed by atoms with van der Waals surface area (Å²) in [5, 5.41) is 0. The Morgan fingerprint density at radius 3 is 1.29 bits per heavy atom. The molecule has 2 atom stereocenters. The second-order valence-electron chi connectivity index (χ2n) is 12.9. The SMILES string of the molecule is CC1=Cc2c(C)c3c(c(C)c2C1[Si]1(C2C(C)=Cc4c(C)c5c(c(C)c42)CCC5)CCCC1)CCC3. The van der Waals surface area contributed by atoms with Crippen molar-refractivity contribution in [1.29, 1.82) is 0 Å². The summed E-state index contributed by atoms with van der Waals surface area (Å²) >= 11 is 0. The molecule has 0 spiro atoms. The van der Waals surface area contributed by atoms with E-state index in [1.54, 1.807) is 77.9 Å². The van der Waals surface area contributed by atoms with Crippen LogP contribution >= 0.6 is 0 Å². The lowest BCUT2D eigenvalue weighted by molar-refractivity contribution is 0.900. The third-order valence-electron chi connectivity index (χ3n) is 11.4. The van der Waals surface area contributed by atoms with Gasteiger partial charge in [-0.15, -0.1) is 0 Å². The molecule has 35 heavy (non-hydrogen) atoms. The van der Waals surface area contributed by atoms with E-state index in [1.807, 2.05) is 0 Å². The zero-order valence-corrected chi connectivity index (χ0v) is 23.9. The molecular formula is C34H42Si. The predicted octanol–water partition coefficient (Wildman–Crippen LogP) is 8.92. The number of rotatable bonds is 2. The van der Waals surface area contributed by atoms with Gasteiger partial charge in [-0.2, -0.15) is 0 Å². The molecule has 2 aromatic rings. The van der Waals surface area contributed by atoms with Crippen molar-refractivity contribution in [3.8, 4) is 0 Å². The topological polar surface area (TPSA) is 0 Å². The van der Waals surface area contributed by atoms with Gasteiger partial charge in [0.15, 0.2) is 0 Å². The van der Waals surface area contributed by atoms with E-state index < -0.39 is 8.07 Å². The molecule has 2 unspecified atom stereocenters. The second kappa shape index (κ2) is 7.57. The van der Waals surface area contributed by atoms with Crippen molar-refractivity contribution in [3.05, 3.63) is 77.9 Å². The molecule has 1 aliphatic heterocycles. The summed E-state index contributed by atoms with van der Waals surface area (Å²) in [4.78, 5) is 0. The maximum atomic E-state index is 2.66. The van der Waals surface area contributed by atoms with Crippen LogP contribution in [0.1, 0.15) is 117 Å². The van der Waals surface area contributed by atoms with Gasteiger partial charge in [0.25, 0.3) is 0 Å². The van der Waals surface area contributed by atoms with Crippen molar-refractivity contribution >= 4 is 20.2 Å². The van der Waals surface area contributed by atoms with Crippen LogP contribution in [0.5, 0.6) is 0 Å². The number of fused-ring (bicyclic) bond motifs is 4. The molecule has 1 heteroatoms. The Morgan fingerprint density at radius 1 is 0.514 bits per heavy atom. The van der Waals surface area contributed by atoms with E-state index in [2.05, 4.69) is 53.7 Å². The molecule has 0 aromatic heterocycles. The fraction of sp³-hybridized carbons (Fsp3) is 0.529. The Bertz CT molecular complexity index is 1260. The molecule has 0 nitrogen and oxygen atoms in total. The third kappa shape index (κ3) is 2.74. The normalized spacial score (nSPS) is 25.4. The van der Waals surface area contributed by atoms with E-state index in [-0.39, 0.29) is 0 Å². The van der Waals surface area contributed by atoms with E-state index >= 15 is 0 Å². The van der Waals surface area contributed by atoms with Gasteiger partial charge in [-0.05, 0) is 147 Å². The molecule has 1 heterocycles. The summed E-state index contributed by atoms with van der Waals surface area (Å²) in [7, 11) is -1.71. The molecule has 4 aliphatic carbocycles. The van der Waals surface area contributed by atoms with Crippen LogP contribution in [0.3, 0.4) is 0 Å². The average molecular weight is 479 g/mol. The van der Waals surface area contributed by atoms with Crippen LogP contribution < -0.4 is 0 Å². The van der Waals surface area contributed by atoms with E-state index in [4.69, 9.17) is 0 Å². The summed E-state index contributed by atoms with van der Waals surface area (Å²) in [6.45, 7) is 14.9. The maximum absolute atomic E-state index is 2.66. The zero-order chi connectivity index (χ0) is 24.2. The van der Waals surface area contributed by atoms with Gasteiger partial charge in [0, 0.05) is 11.1 Å². The van der Waals surface area contributed by atoms with Gasteiger partial charge in [0.2, 0.25) is 0 Å². The summed E-state index contributed by atoms with van der Waals surface area (Å²) < 4.78 is 0. The van der Waals surface area contributed by atoms with Crippen molar-refractivity contribution in [3.63, 3.8) is 0 Å². The van der Waals surface area contributed by atoms with Crippen LogP contribution in [0.4, 0.5) is 0 Å². The molecule has 7 rings (SSSR count). The molecular weight excluding hydrogens is 436 g/mol. The number of allylic oxidation sites excluding steroid dienone is 2. The highest BCUT2D eigenvalue weighted by atomic mass is 28.3. The van der Waals surface area contributed by atoms with Gasteiger partial charge >= 0.3 is 0 Å². The lowest BCUT2D eigenvalue weighted by Gasteiger charge is -2.43. The van der Waals surface area contributed by atoms with Crippen molar-refractivity contribution in [2.75, 3.05) is 0 Å². The summed E-state index contributed by atoms with van der Waals surface area (Å²) in [6.07, 6.45) is 16.2. The Hall–Kier alpha value is -1.86. The Balaban J connectivity index is 1.47. The molecule has 0 radical (unpaired) electrons. The van der Waals surface area contributed by atoms with Crippen molar-refractivity contribution < 1.29 is 0 Å². The molecule has 0 saturated carbocycles. The van der Waals surface area contributed by atoms with Gasteiger partial charge in [-0.25, -0.2) is 0 Å². The number of hydrogen-bond donors (Lipinski definition) is 0. The highest BCUT2D eigenvalue weighted by Gasteiger charge is 2.55. The van der Waals surface area contributed by atoms with Crippen LogP contribution in [0.25, 0.3) is 12.2 Å². The number of hydrogen-bond acceptors (Lipinski definition) is 0. The Kier molecular flexibility index (Phi) is 4.84. The quantitative estimate of drug-likeness (QED) is 0.378. The zero-order valence-electron chi connectivity index (χ0n) is 22.9. The van der Waals surface area contributed by atoms with E-state index in [9.17, 15) is 0 Å². The second-order valence-corrected chi connectivity index (χ2v) is 17.5. The summed E-state index contributed by atoms with van der Waals surface area (Å²) in [5.74, 6) is 0. The standard InChI is InChI=1S/C34H42Si/c1-19-17-29-21(3)25-11-9-13-27(25)23(5)31(29)33(19)35(15-7-8-16-35)34-20(2)18-30-22(4)26-12-10-14-28(26)24(6)32(30)34/h17-18,33-34H,7-16H2,1-6H3. The monoisotopic (exact) mass is 478 g/mol. The third-order valence-corrected chi connectivity index (χ3v) is 17.7. The van der Waals surface area contributed by atoms with Crippen LogP contribution in [-0.2, 0) is 25.7 Å². The molecule has 1 saturated heterocycles. The molecule has 1 fully saturated rings. The van der Waals surface area contributed by atoms with Crippen LogP contribution in [0.15, 0.2) is 11.1 Å². The Morgan fingerprint density at radius 2 is 0.886 bits per heavy atom. The largest absolute Gasteiger partial charge is 0.0782 e. The van der Waals surface area contributed by atoms with Gasteiger partial charge in [-0.1, -0.05) is 48.2 Å². The van der Waals surface area contributed by atoms with Crippen LogP contribution in [0.2, 0.25) is 12.1 Å².